The molecule has 0 radical (unpaired) electrons. The van der Waals surface area contributed by atoms with Crippen molar-refractivity contribution in [1.29, 1.82) is 0 Å². The molecule has 1 aromatic carbocycles. The second-order valence-electron chi connectivity index (χ2n) is 3.21. The van der Waals surface area contributed by atoms with E-state index in [2.05, 4.69) is 6.07 Å². The lowest BCUT2D eigenvalue weighted by molar-refractivity contribution is -0.107. The van der Waals surface area contributed by atoms with Gasteiger partial charge in [-0.25, -0.2) is 0 Å². The van der Waals surface area contributed by atoms with Crippen LogP contribution < -0.4 is 4.74 Å². The van der Waals surface area contributed by atoms with Crippen LogP contribution in [0.5, 0.6) is 5.75 Å². The van der Waals surface area contributed by atoms with Crippen LogP contribution in [0.2, 0.25) is 0 Å². The van der Waals surface area contributed by atoms with Crippen LogP contribution in [-0.4, -0.2) is 12.9 Å². The van der Waals surface area contributed by atoms with E-state index in [4.69, 9.17) is 4.74 Å². The van der Waals surface area contributed by atoms with Gasteiger partial charge in [-0.15, -0.1) is 0 Å². The van der Waals surface area contributed by atoms with Gasteiger partial charge in [0.1, 0.15) is 12.0 Å². The summed E-state index contributed by atoms with van der Waals surface area (Å²) in [7, 11) is 0. The summed E-state index contributed by atoms with van der Waals surface area (Å²) >= 11 is 0. The number of ether oxygens (including phenoxy) is 1. The normalized spacial score (nSPS) is 13.5. The maximum Gasteiger partial charge on any atom is 0.125 e. The van der Waals surface area contributed by atoms with Gasteiger partial charge in [-0.3, -0.25) is 0 Å². The molecule has 2 rings (SSSR count). The van der Waals surface area contributed by atoms with E-state index in [1.165, 1.54) is 11.1 Å². The molecular formula is C11H12O2. The molecule has 1 aliphatic heterocycles. The van der Waals surface area contributed by atoms with Gasteiger partial charge >= 0.3 is 0 Å². The fraction of sp³-hybridized carbons (Fsp3) is 0.364. The second kappa shape index (κ2) is 3.60. The molecule has 0 N–H and O–H groups in total. The Morgan fingerprint density at radius 1 is 1.46 bits per heavy atom. The fourth-order valence-corrected chi connectivity index (χ4v) is 1.69. The van der Waals surface area contributed by atoms with Gasteiger partial charge in [-0.05, 0) is 17.5 Å². The molecule has 0 saturated heterocycles. The Kier molecular flexibility index (Phi) is 2.30. The average molecular weight is 176 g/mol. The molecule has 0 fully saturated rings. The molecule has 2 nitrogen and oxygen atoms in total. The molecule has 1 aromatic rings. The van der Waals surface area contributed by atoms with E-state index in [1.807, 2.05) is 12.1 Å². The number of fused-ring (bicyclic) bond motifs is 1. The average Bonchev–Trinajstić information content (AvgIpc) is 2.62. The number of aryl methyl sites for hydroxylation is 1. The standard InChI is InChI=1S/C11H12O2/c12-7-2-5-9-3-1-4-10-6-8-13-11(9)10/h1,3-4,7H,2,5-6,8H2. The van der Waals surface area contributed by atoms with Crippen LogP contribution in [0.25, 0.3) is 0 Å². The van der Waals surface area contributed by atoms with E-state index in [1.54, 1.807) is 0 Å². The highest BCUT2D eigenvalue weighted by atomic mass is 16.5. The van der Waals surface area contributed by atoms with E-state index in [0.29, 0.717) is 6.42 Å². The second-order valence-corrected chi connectivity index (χ2v) is 3.21. The molecule has 0 amide bonds. The molecule has 68 valence electrons. The SMILES string of the molecule is O=CCCc1cccc2c1OCC2. The number of benzene rings is 1. The minimum absolute atomic E-state index is 0.583. The molecule has 0 saturated carbocycles. The summed E-state index contributed by atoms with van der Waals surface area (Å²) in [5.74, 6) is 1.02. The predicted octanol–water partition coefficient (Wildman–Crippen LogP) is 1.75. The lowest BCUT2D eigenvalue weighted by atomic mass is 10.0. The number of rotatable bonds is 3. The fourth-order valence-electron chi connectivity index (χ4n) is 1.69. The van der Waals surface area contributed by atoms with Crippen LogP contribution in [0.4, 0.5) is 0 Å². The molecule has 0 bridgehead atoms. The third kappa shape index (κ3) is 1.57. The lowest BCUT2D eigenvalue weighted by Crippen LogP contribution is -1.92. The van der Waals surface area contributed by atoms with E-state index < -0.39 is 0 Å². The summed E-state index contributed by atoms with van der Waals surface area (Å²) in [6, 6.07) is 6.16. The summed E-state index contributed by atoms with van der Waals surface area (Å²) in [5.41, 5.74) is 2.45. The Hall–Kier alpha value is -1.31. The third-order valence-corrected chi connectivity index (χ3v) is 2.33. The highest BCUT2D eigenvalue weighted by molar-refractivity contribution is 5.52. The highest BCUT2D eigenvalue weighted by Crippen LogP contribution is 2.29. The Morgan fingerprint density at radius 2 is 2.38 bits per heavy atom. The van der Waals surface area contributed by atoms with Gasteiger partial charge in [0.25, 0.3) is 0 Å². The van der Waals surface area contributed by atoms with Crippen molar-refractivity contribution in [3.8, 4) is 5.75 Å². The smallest absolute Gasteiger partial charge is 0.125 e. The number of carbonyl (C=O) groups is 1. The molecular weight excluding hydrogens is 164 g/mol. The van der Waals surface area contributed by atoms with Gasteiger partial charge in [-0.2, -0.15) is 0 Å². The maximum absolute atomic E-state index is 10.2. The molecule has 0 aromatic heterocycles. The maximum atomic E-state index is 10.2. The van der Waals surface area contributed by atoms with E-state index >= 15 is 0 Å². The van der Waals surface area contributed by atoms with Crippen LogP contribution in [0.3, 0.4) is 0 Å². The zero-order valence-electron chi connectivity index (χ0n) is 7.45. The first-order valence-corrected chi connectivity index (χ1v) is 4.59. The van der Waals surface area contributed by atoms with E-state index in [9.17, 15) is 4.79 Å². The van der Waals surface area contributed by atoms with Gasteiger partial charge < -0.3 is 9.53 Å². The number of para-hydroxylation sites is 1. The zero-order valence-corrected chi connectivity index (χ0v) is 7.45. The van der Waals surface area contributed by atoms with E-state index in [0.717, 1.165) is 31.5 Å². The van der Waals surface area contributed by atoms with Crippen LogP contribution in [0.1, 0.15) is 17.5 Å². The van der Waals surface area contributed by atoms with Crippen molar-refractivity contribution in [2.75, 3.05) is 6.61 Å². The number of hydrogen-bond donors (Lipinski definition) is 0. The highest BCUT2D eigenvalue weighted by Gasteiger charge is 2.14. The Morgan fingerprint density at radius 3 is 3.23 bits per heavy atom. The van der Waals surface area contributed by atoms with Crippen molar-refractivity contribution in [3.05, 3.63) is 29.3 Å². The van der Waals surface area contributed by atoms with Gasteiger partial charge in [0, 0.05) is 12.8 Å². The topological polar surface area (TPSA) is 26.3 Å². The van der Waals surface area contributed by atoms with Crippen molar-refractivity contribution >= 4 is 6.29 Å². The number of carbonyl (C=O) groups excluding carboxylic acids is 1. The van der Waals surface area contributed by atoms with Gasteiger partial charge in [0.15, 0.2) is 0 Å². The van der Waals surface area contributed by atoms with Crippen molar-refractivity contribution in [1.82, 2.24) is 0 Å². The predicted molar refractivity (Wildman–Crippen MR) is 50.0 cm³/mol. The molecule has 1 aliphatic rings. The van der Waals surface area contributed by atoms with Gasteiger partial charge in [0.2, 0.25) is 0 Å². The number of aldehydes is 1. The van der Waals surface area contributed by atoms with Crippen molar-refractivity contribution in [2.24, 2.45) is 0 Å². The monoisotopic (exact) mass is 176 g/mol. The van der Waals surface area contributed by atoms with Crippen LogP contribution in [-0.2, 0) is 17.6 Å². The largest absolute Gasteiger partial charge is 0.493 e. The third-order valence-electron chi connectivity index (χ3n) is 2.33. The first-order valence-electron chi connectivity index (χ1n) is 4.59. The van der Waals surface area contributed by atoms with Crippen LogP contribution in [0.15, 0.2) is 18.2 Å². The minimum Gasteiger partial charge on any atom is -0.493 e. The molecule has 2 heteroatoms. The summed E-state index contributed by atoms with van der Waals surface area (Å²) in [4.78, 5) is 10.2. The molecule has 0 atom stereocenters. The zero-order chi connectivity index (χ0) is 9.10. The Balaban J connectivity index is 2.25. The molecule has 0 unspecified atom stereocenters. The Labute approximate surface area is 77.5 Å². The van der Waals surface area contributed by atoms with E-state index in [-0.39, 0.29) is 0 Å². The van der Waals surface area contributed by atoms with Crippen molar-refractivity contribution < 1.29 is 9.53 Å². The molecule has 0 spiro atoms. The van der Waals surface area contributed by atoms with Crippen LogP contribution in [0, 0.1) is 0 Å². The number of hydrogen-bond acceptors (Lipinski definition) is 2. The van der Waals surface area contributed by atoms with Gasteiger partial charge in [0.05, 0.1) is 6.61 Å². The van der Waals surface area contributed by atoms with Crippen LogP contribution >= 0.6 is 0 Å². The quantitative estimate of drug-likeness (QED) is 0.656. The first-order chi connectivity index (χ1) is 6.42. The van der Waals surface area contributed by atoms with Gasteiger partial charge in [-0.1, -0.05) is 18.2 Å². The summed E-state index contributed by atoms with van der Waals surface area (Å²) in [5, 5.41) is 0. The summed E-state index contributed by atoms with van der Waals surface area (Å²) in [6.07, 6.45) is 3.34. The Bertz CT molecular complexity index is 318. The molecule has 1 heterocycles. The molecule has 13 heavy (non-hydrogen) atoms. The molecule has 0 aliphatic carbocycles. The minimum atomic E-state index is 0.583. The lowest BCUT2D eigenvalue weighted by Gasteiger charge is -2.05. The first kappa shape index (κ1) is 8.30. The van der Waals surface area contributed by atoms with Crippen molar-refractivity contribution in [2.45, 2.75) is 19.3 Å². The summed E-state index contributed by atoms with van der Waals surface area (Å²) in [6.45, 7) is 0.785. The van der Waals surface area contributed by atoms with Crippen molar-refractivity contribution in [3.63, 3.8) is 0 Å². The summed E-state index contributed by atoms with van der Waals surface area (Å²) < 4.78 is 5.51.